The minimum atomic E-state index is -0.430. The lowest BCUT2D eigenvalue weighted by molar-refractivity contribution is 0.0913. The Morgan fingerprint density at radius 2 is 1.70 bits per heavy atom. The maximum Gasteiger partial charge on any atom is 0.252 e. The van der Waals surface area contributed by atoms with Crippen LogP contribution in [0.25, 0.3) is 0 Å². The van der Waals surface area contributed by atoms with E-state index in [0.717, 1.165) is 16.7 Å². The SMILES string of the molecule is Cc1ccccc1C(=O)NC(C)(CBr)c1ccccc1. The number of hydrogen-bond donors (Lipinski definition) is 1. The van der Waals surface area contributed by atoms with E-state index in [2.05, 4.69) is 21.2 Å². The van der Waals surface area contributed by atoms with Crippen molar-refractivity contribution in [1.82, 2.24) is 5.32 Å². The number of alkyl halides is 1. The molecular formula is C17H18BrNO. The summed E-state index contributed by atoms with van der Waals surface area (Å²) in [4.78, 5) is 12.5. The third kappa shape index (κ3) is 3.10. The van der Waals surface area contributed by atoms with Crippen molar-refractivity contribution in [3.63, 3.8) is 0 Å². The van der Waals surface area contributed by atoms with Crippen molar-refractivity contribution in [3.8, 4) is 0 Å². The number of rotatable bonds is 4. The van der Waals surface area contributed by atoms with Gasteiger partial charge in [-0.3, -0.25) is 4.79 Å². The maximum absolute atomic E-state index is 12.5. The molecular weight excluding hydrogens is 314 g/mol. The third-order valence-corrected chi connectivity index (χ3v) is 4.58. The van der Waals surface area contributed by atoms with Gasteiger partial charge in [-0.15, -0.1) is 0 Å². The Morgan fingerprint density at radius 1 is 1.10 bits per heavy atom. The molecule has 0 aromatic heterocycles. The van der Waals surface area contributed by atoms with Gasteiger partial charge in [-0.05, 0) is 31.0 Å². The number of aryl methyl sites for hydroxylation is 1. The summed E-state index contributed by atoms with van der Waals surface area (Å²) in [5.41, 5.74) is 2.35. The van der Waals surface area contributed by atoms with Crippen molar-refractivity contribution in [3.05, 3.63) is 71.3 Å². The Morgan fingerprint density at radius 3 is 2.30 bits per heavy atom. The summed E-state index contributed by atoms with van der Waals surface area (Å²) in [6.07, 6.45) is 0. The molecule has 1 atom stereocenters. The Hall–Kier alpha value is -1.61. The van der Waals surface area contributed by atoms with Gasteiger partial charge in [0, 0.05) is 10.9 Å². The van der Waals surface area contributed by atoms with Crippen molar-refractivity contribution >= 4 is 21.8 Å². The highest BCUT2D eigenvalue weighted by atomic mass is 79.9. The predicted octanol–water partition coefficient (Wildman–Crippen LogP) is 4.04. The molecule has 0 spiro atoms. The zero-order chi connectivity index (χ0) is 14.6. The number of halogens is 1. The van der Waals surface area contributed by atoms with Gasteiger partial charge in [0.2, 0.25) is 0 Å². The van der Waals surface area contributed by atoms with Crippen LogP contribution in [0.2, 0.25) is 0 Å². The highest BCUT2D eigenvalue weighted by Gasteiger charge is 2.27. The number of hydrogen-bond acceptors (Lipinski definition) is 1. The van der Waals surface area contributed by atoms with Gasteiger partial charge in [0.1, 0.15) is 0 Å². The summed E-state index contributed by atoms with van der Waals surface area (Å²) in [6, 6.07) is 17.6. The molecule has 0 aliphatic carbocycles. The molecule has 0 bridgehead atoms. The molecule has 1 N–H and O–H groups in total. The van der Waals surface area contributed by atoms with E-state index in [4.69, 9.17) is 0 Å². The second-order valence-electron chi connectivity index (χ2n) is 5.10. The highest BCUT2D eigenvalue weighted by Crippen LogP contribution is 2.23. The largest absolute Gasteiger partial charge is 0.342 e. The molecule has 0 heterocycles. The van der Waals surface area contributed by atoms with Crippen LogP contribution in [0.15, 0.2) is 54.6 Å². The summed E-state index contributed by atoms with van der Waals surface area (Å²) in [7, 11) is 0. The van der Waals surface area contributed by atoms with Crippen LogP contribution in [0, 0.1) is 6.92 Å². The fourth-order valence-electron chi connectivity index (χ4n) is 2.13. The van der Waals surface area contributed by atoms with Crippen LogP contribution in [0.3, 0.4) is 0 Å². The Bertz CT molecular complexity index is 597. The summed E-state index contributed by atoms with van der Waals surface area (Å²) < 4.78 is 0. The first kappa shape index (κ1) is 14.8. The first-order valence-electron chi connectivity index (χ1n) is 6.56. The van der Waals surface area contributed by atoms with Crippen molar-refractivity contribution in [2.45, 2.75) is 19.4 Å². The van der Waals surface area contributed by atoms with Crippen molar-refractivity contribution < 1.29 is 4.79 Å². The Balaban J connectivity index is 2.27. The van der Waals surface area contributed by atoms with Crippen LogP contribution in [0.1, 0.15) is 28.4 Å². The summed E-state index contributed by atoms with van der Waals surface area (Å²) >= 11 is 3.51. The lowest BCUT2D eigenvalue weighted by atomic mass is 9.93. The molecule has 0 aliphatic heterocycles. The molecule has 104 valence electrons. The Kier molecular flexibility index (Phi) is 4.61. The zero-order valence-electron chi connectivity index (χ0n) is 11.7. The van der Waals surface area contributed by atoms with Gasteiger partial charge in [0.15, 0.2) is 0 Å². The normalized spacial score (nSPS) is 13.6. The van der Waals surface area contributed by atoms with E-state index >= 15 is 0 Å². The van der Waals surface area contributed by atoms with Crippen molar-refractivity contribution in [1.29, 1.82) is 0 Å². The van der Waals surface area contributed by atoms with Crippen LogP contribution in [0.4, 0.5) is 0 Å². The summed E-state index contributed by atoms with van der Waals surface area (Å²) in [5.74, 6) is -0.0473. The van der Waals surface area contributed by atoms with Crippen molar-refractivity contribution in [2.24, 2.45) is 0 Å². The number of amides is 1. The summed E-state index contributed by atoms with van der Waals surface area (Å²) in [5, 5.41) is 3.79. The van der Waals surface area contributed by atoms with Crippen LogP contribution < -0.4 is 5.32 Å². The van der Waals surface area contributed by atoms with E-state index < -0.39 is 5.54 Å². The van der Waals surface area contributed by atoms with E-state index in [9.17, 15) is 4.79 Å². The van der Waals surface area contributed by atoms with E-state index in [-0.39, 0.29) is 5.91 Å². The average Bonchev–Trinajstić information content (AvgIpc) is 2.48. The number of carbonyl (C=O) groups is 1. The zero-order valence-corrected chi connectivity index (χ0v) is 13.3. The molecule has 1 unspecified atom stereocenters. The molecule has 0 saturated heterocycles. The van der Waals surface area contributed by atoms with Gasteiger partial charge in [-0.2, -0.15) is 0 Å². The topological polar surface area (TPSA) is 29.1 Å². The first-order chi connectivity index (χ1) is 9.57. The van der Waals surface area contributed by atoms with E-state index in [1.54, 1.807) is 0 Å². The van der Waals surface area contributed by atoms with Gasteiger partial charge in [0.25, 0.3) is 5.91 Å². The van der Waals surface area contributed by atoms with E-state index in [1.807, 2.05) is 68.4 Å². The third-order valence-electron chi connectivity index (χ3n) is 3.46. The smallest absolute Gasteiger partial charge is 0.252 e. The molecule has 2 nitrogen and oxygen atoms in total. The molecule has 2 aromatic carbocycles. The number of carbonyl (C=O) groups excluding carboxylic acids is 1. The second kappa shape index (κ2) is 6.23. The standard InChI is InChI=1S/C17H18BrNO/c1-13-8-6-7-11-15(13)16(20)19-17(2,12-18)14-9-4-3-5-10-14/h3-11H,12H2,1-2H3,(H,19,20). The Labute approximate surface area is 128 Å². The van der Waals surface area contributed by atoms with Gasteiger partial charge in [-0.1, -0.05) is 64.5 Å². The van der Waals surface area contributed by atoms with E-state index in [0.29, 0.717) is 5.33 Å². The molecule has 0 aliphatic rings. The monoisotopic (exact) mass is 331 g/mol. The average molecular weight is 332 g/mol. The minimum absolute atomic E-state index is 0.0473. The molecule has 2 aromatic rings. The van der Waals surface area contributed by atoms with Gasteiger partial charge >= 0.3 is 0 Å². The maximum atomic E-state index is 12.5. The highest BCUT2D eigenvalue weighted by molar-refractivity contribution is 9.09. The molecule has 2 rings (SSSR count). The minimum Gasteiger partial charge on any atom is -0.342 e. The van der Waals surface area contributed by atoms with Crippen LogP contribution in [-0.4, -0.2) is 11.2 Å². The van der Waals surface area contributed by atoms with Crippen molar-refractivity contribution in [2.75, 3.05) is 5.33 Å². The quantitative estimate of drug-likeness (QED) is 0.842. The second-order valence-corrected chi connectivity index (χ2v) is 5.66. The van der Waals surface area contributed by atoms with E-state index in [1.165, 1.54) is 0 Å². The van der Waals surface area contributed by atoms with Gasteiger partial charge < -0.3 is 5.32 Å². The van der Waals surface area contributed by atoms with Gasteiger partial charge in [0.05, 0.1) is 5.54 Å². The fraction of sp³-hybridized carbons (Fsp3) is 0.235. The molecule has 20 heavy (non-hydrogen) atoms. The lowest BCUT2D eigenvalue weighted by Gasteiger charge is -2.29. The van der Waals surface area contributed by atoms with Crippen LogP contribution in [0.5, 0.6) is 0 Å². The van der Waals surface area contributed by atoms with Gasteiger partial charge in [-0.25, -0.2) is 0 Å². The molecule has 1 amide bonds. The molecule has 3 heteroatoms. The summed E-state index contributed by atoms with van der Waals surface area (Å²) in [6.45, 7) is 3.97. The lowest BCUT2D eigenvalue weighted by Crippen LogP contribution is -2.45. The molecule has 0 radical (unpaired) electrons. The van der Waals surface area contributed by atoms with Crippen LogP contribution in [-0.2, 0) is 5.54 Å². The first-order valence-corrected chi connectivity index (χ1v) is 7.68. The predicted molar refractivity (Wildman–Crippen MR) is 86.2 cm³/mol. The number of benzene rings is 2. The number of nitrogens with one attached hydrogen (secondary N) is 1. The van der Waals surface area contributed by atoms with Crippen LogP contribution >= 0.6 is 15.9 Å². The molecule has 0 saturated carbocycles. The molecule has 0 fully saturated rings. The fourth-order valence-corrected chi connectivity index (χ4v) is 2.60.